The highest BCUT2D eigenvalue weighted by Crippen LogP contribution is 2.21. The van der Waals surface area contributed by atoms with Crippen LogP contribution in [0.1, 0.15) is 55.2 Å². The first kappa shape index (κ1) is 14.2. The van der Waals surface area contributed by atoms with E-state index < -0.39 is 6.10 Å². The normalized spacial score (nSPS) is 13.1. The molecule has 0 saturated carbocycles. The number of aliphatic hydroxyl groups excluding tert-OH is 1. The lowest BCUT2D eigenvalue weighted by Crippen LogP contribution is -2.09. The monoisotopic (exact) mass is 279 g/mol. The van der Waals surface area contributed by atoms with E-state index in [1.54, 1.807) is 11.3 Å². The molecule has 0 aromatic carbocycles. The van der Waals surface area contributed by atoms with E-state index in [-0.39, 0.29) is 0 Å². The van der Waals surface area contributed by atoms with Crippen LogP contribution in [0, 0.1) is 6.92 Å². The smallest absolute Gasteiger partial charge is 0.102 e. The Morgan fingerprint density at radius 2 is 2.11 bits per heavy atom. The molecule has 0 radical (unpaired) electrons. The lowest BCUT2D eigenvalue weighted by Gasteiger charge is -2.12. The van der Waals surface area contributed by atoms with Gasteiger partial charge in [0.05, 0.1) is 22.4 Å². The van der Waals surface area contributed by atoms with E-state index in [9.17, 15) is 5.11 Å². The minimum absolute atomic E-state index is 0.451. The second-order valence-corrected chi connectivity index (χ2v) is 5.83. The van der Waals surface area contributed by atoms with Crippen LogP contribution in [0.3, 0.4) is 0 Å². The molecule has 4 nitrogen and oxygen atoms in total. The fourth-order valence-corrected chi connectivity index (χ4v) is 2.85. The van der Waals surface area contributed by atoms with Gasteiger partial charge in [0.2, 0.25) is 0 Å². The Bertz CT molecular complexity index is 516. The standard InChI is InChI=1S/C14H21N3OS/c1-4-12(5-2)17-7-6-11(16-17)8-14(18)13-9-19-10(3)15-13/h6-7,9,12,14,18H,4-5,8H2,1-3H3. The summed E-state index contributed by atoms with van der Waals surface area (Å²) in [6.07, 6.45) is 4.12. The van der Waals surface area contributed by atoms with Crippen LogP contribution in [-0.2, 0) is 6.42 Å². The molecule has 0 spiro atoms. The van der Waals surface area contributed by atoms with E-state index in [4.69, 9.17) is 0 Å². The first-order chi connectivity index (χ1) is 9.13. The zero-order valence-electron chi connectivity index (χ0n) is 11.7. The van der Waals surface area contributed by atoms with E-state index in [0.717, 1.165) is 29.2 Å². The molecule has 2 heterocycles. The van der Waals surface area contributed by atoms with Gasteiger partial charge in [0.25, 0.3) is 0 Å². The molecule has 0 fully saturated rings. The maximum absolute atomic E-state index is 10.1. The van der Waals surface area contributed by atoms with Crippen molar-refractivity contribution >= 4 is 11.3 Å². The van der Waals surface area contributed by atoms with Crippen molar-refractivity contribution in [2.45, 2.75) is 52.2 Å². The van der Waals surface area contributed by atoms with Gasteiger partial charge in [0.1, 0.15) is 6.10 Å². The first-order valence-electron chi connectivity index (χ1n) is 6.78. The van der Waals surface area contributed by atoms with E-state index in [0.29, 0.717) is 12.5 Å². The fourth-order valence-electron chi connectivity index (χ4n) is 2.19. The Kier molecular flexibility index (Phi) is 4.71. The van der Waals surface area contributed by atoms with Crippen molar-refractivity contribution in [3.05, 3.63) is 34.0 Å². The lowest BCUT2D eigenvalue weighted by molar-refractivity contribution is 0.172. The van der Waals surface area contributed by atoms with Crippen molar-refractivity contribution in [2.75, 3.05) is 0 Å². The third-order valence-corrected chi connectivity index (χ3v) is 4.15. The summed E-state index contributed by atoms with van der Waals surface area (Å²) in [6.45, 7) is 6.29. The van der Waals surface area contributed by atoms with Crippen LogP contribution in [0.2, 0.25) is 0 Å². The average molecular weight is 279 g/mol. The minimum Gasteiger partial charge on any atom is -0.386 e. The van der Waals surface area contributed by atoms with Crippen molar-refractivity contribution < 1.29 is 5.11 Å². The maximum atomic E-state index is 10.1. The summed E-state index contributed by atoms with van der Waals surface area (Å²) >= 11 is 1.56. The van der Waals surface area contributed by atoms with Gasteiger partial charge in [-0.05, 0) is 25.8 Å². The molecule has 2 rings (SSSR count). The van der Waals surface area contributed by atoms with Crippen LogP contribution in [-0.4, -0.2) is 19.9 Å². The number of nitrogens with zero attached hydrogens (tertiary/aromatic N) is 3. The van der Waals surface area contributed by atoms with Gasteiger partial charge >= 0.3 is 0 Å². The van der Waals surface area contributed by atoms with Gasteiger partial charge in [-0.2, -0.15) is 5.10 Å². The summed E-state index contributed by atoms with van der Waals surface area (Å²) in [5.74, 6) is 0. The van der Waals surface area contributed by atoms with Crippen LogP contribution in [0.15, 0.2) is 17.6 Å². The molecular formula is C14H21N3OS. The molecule has 0 aliphatic heterocycles. The molecular weight excluding hydrogens is 258 g/mol. The molecule has 0 aliphatic rings. The van der Waals surface area contributed by atoms with E-state index >= 15 is 0 Å². The number of hydrogen-bond acceptors (Lipinski definition) is 4. The number of aliphatic hydroxyl groups is 1. The Morgan fingerprint density at radius 3 is 2.68 bits per heavy atom. The molecule has 0 amide bonds. The second kappa shape index (κ2) is 6.30. The predicted octanol–water partition coefficient (Wildman–Crippen LogP) is 3.29. The van der Waals surface area contributed by atoms with Crippen molar-refractivity contribution in [2.24, 2.45) is 0 Å². The van der Waals surface area contributed by atoms with Gasteiger partial charge in [-0.15, -0.1) is 11.3 Å². The van der Waals surface area contributed by atoms with Crippen LogP contribution in [0.5, 0.6) is 0 Å². The number of aryl methyl sites for hydroxylation is 1. The molecule has 0 aliphatic carbocycles. The molecule has 1 N–H and O–H groups in total. The lowest BCUT2D eigenvalue weighted by atomic mass is 10.1. The van der Waals surface area contributed by atoms with E-state index in [1.807, 2.05) is 29.2 Å². The third-order valence-electron chi connectivity index (χ3n) is 3.36. The molecule has 0 saturated heterocycles. The van der Waals surface area contributed by atoms with Crippen molar-refractivity contribution in [1.82, 2.24) is 14.8 Å². The topological polar surface area (TPSA) is 50.9 Å². The van der Waals surface area contributed by atoms with Crippen molar-refractivity contribution in [3.8, 4) is 0 Å². The van der Waals surface area contributed by atoms with Gasteiger partial charge < -0.3 is 5.11 Å². The van der Waals surface area contributed by atoms with Crippen LogP contribution in [0.4, 0.5) is 0 Å². The molecule has 104 valence electrons. The molecule has 5 heteroatoms. The van der Waals surface area contributed by atoms with Crippen molar-refractivity contribution in [1.29, 1.82) is 0 Å². The summed E-state index contributed by atoms with van der Waals surface area (Å²) in [4.78, 5) is 4.31. The quantitative estimate of drug-likeness (QED) is 0.882. The summed E-state index contributed by atoms with van der Waals surface area (Å²) < 4.78 is 2.01. The second-order valence-electron chi connectivity index (χ2n) is 4.77. The Balaban J connectivity index is 2.03. The molecule has 2 aromatic heterocycles. The number of rotatable bonds is 6. The molecule has 1 unspecified atom stereocenters. The van der Waals surface area contributed by atoms with Gasteiger partial charge in [-0.25, -0.2) is 4.98 Å². The summed E-state index contributed by atoms with van der Waals surface area (Å²) in [5.41, 5.74) is 1.67. The van der Waals surface area contributed by atoms with E-state index in [1.165, 1.54) is 0 Å². The minimum atomic E-state index is -0.560. The number of hydrogen-bond donors (Lipinski definition) is 1. The maximum Gasteiger partial charge on any atom is 0.102 e. The zero-order valence-corrected chi connectivity index (χ0v) is 12.5. The Morgan fingerprint density at radius 1 is 1.37 bits per heavy atom. The molecule has 1 atom stereocenters. The van der Waals surface area contributed by atoms with Crippen LogP contribution >= 0.6 is 11.3 Å². The highest BCUT2D eigenvalue weighted by molar-refractivity contribution is 7.09. The SMILES string of the molecule is CCC(CC)n1ccc(CC(O)c2csc(C)n2)n1. The Labute approximate surface area is 118 Å². The van der Waals surface area contributed by atoms with Crippen LogP contribution < -0.4 is 0 Å². The summed E-state index contributed by atoms with van der Waals surface area (Å²) in [5, 5.41) is 17.6. The molecule has 19 heavy (non-hydrogen) atoms. The van der Waals surface area contributed by atoms with E-state index in [2.05, 4.69) is 23.9 Å². The number of aromatic nitrogens is 3. The number of thiazole rings is 1. The largest absolute Gasteiger partial charge is 0.386 e. The Hall–Kier alpha value is -1.20. The van der Waals surface area contributed by atoms with Gasteiger partial charge in [-0.3, -0.25) is 4.68 Å². The third kappa shape index (κ3) is 3.42. The molecule has 0 bridgehead atoms. The van der Waals surface area contributed by atoms with Gasteiger partial charge in [0.15, 0.2) is 0 Å². The van der Waals surface area contributed by atoms with Crippen LogP contribution in [0.25, 0.3) is 0 Å². The summed E-state index contributed by atoms with van der Waals surface area (Å²) in [7, 11) is 0. The zero-order chi connectivity index (χ0) is 13.8. The average Bonchev–Trinajstić information content (AvgIpc) is 3.00. The van der Waals surface area contributed by atoms with Gasteiger partial charge in [-0.1, -0.05) is 13.8 Å². The highest BCUT2D eigenvalue weighted by atomic mass is 32.1. The van der Waals surface area contributed by atoms with Crippen molar-refractivity contribution in [3.63, 3.8) is 0 Å². The molecule has 2 aromatic rings. The highest BCUT2D eigenvalue weighted by Gasteiger charge is 2.14. The summed E-state index contributed by atoms with van der Waals surface area (Å²) in [6, 6.07) is 2.44. The first-order valence-corrected chi connectivity index (χ1v) is 7.66. The fraction of sp³-hybridized carbons (Fsp3) is 0.571. The predicted molar refractivity (Wildman–Crippen MR) is 77.4 cm³/mol. The van der Waals surface area contributed by atoms with Gasteiger partial charge in [0, 0.05) is 18.0 Å².